The lowest BCUT2D eigenvalue weighted by atomic mass is 10.0. The van der Waals surface area contributed by atoms with Crippen LogP contribution < -0.4 is 21.7 Å². The molecule has 0 bridgehead atoms. The molecule has 0 spiro atoms. The van der Waals surface area contributed by atoms with Crippen molar-refractivity contribution < 1.29 is 44.1 Å². The van der Waals surface area contributed by atoms with E-state index in [0.29, 0.717) is 5.75 Å². The zero-order chi connectivity index (χ0) is 26.4. The van der Waals surface area contributed by atoms with Crippen molar-refractivity contribution in [3.8, 4) is 0 Å². The lowest BCUT2D eigenvalue weighted by Crippen LogP contribution is -2.58. The van der Waals surface area contributed by atoms with E-state index in [1.807, 2.05) is 0 Å². The van der Waals surface area contributed by atoms with E-state index < -0.39 is 72.1 Å². The van der Waals surface area contributed by atoms with Crippen molar-refractivity contribution in [2.75, 3.05) is 12.0 Å². The van der Waals surface area contributed by atoms with E-state index in [0.717, 1.165) is 0 Å². The summed E-state index contributed by atoms with van der Waals surface area (Å²) in [6, 6.07) is -4.92. The number of carbonyl (C=O) groups is 6. The number of hydrogen-bond acceptors (Lipinski definition) is 8. The Morgan fingerprint density at radius 3 is 1.76 bits per heavy atom. The fraction of sp³-hybridized carbons (Fsp3) is 0.700. The summed E-state index contributed by atoms with van der Waals surface area (Å²) in [6.07, 6.45) is 0.604. The van der Waals surface area contributed by atoms with Crippen LogP contribution in [0.4, 0.5) is 0 Å². The Hall–Kier alpha value is -2.87. The van der Waals surface area contributed by atoms with Crippen LogP contribution in [0.2, 0.25) is 0 Å². The third kappa shape index (κ3) is 12.4. The molecule has 0 aromatic rings. The number of aliphatic carboxylic acids is 3. The van der Waals surface area contributed by atoms with Crippen molar-refractivity contribution in [2.24, 2.45) is 11.7 Å². The van der Waals surface area contributed by atoms with Gasteiger partial charge in [0.15, 0.2) is 0 Å². The summed E-state index contributed by atoms with van der Waals surface area (Å²) in [7, 11) is 0. The summed E-state index contributed by atoms with van der Waals surface area (Å²) < 4.78 is 0. The van der Waals surface area contributed by atoms with Crippen molar-refractivity contribution in [3.05, 3.63) is 0 Å². The standard InChI is InChI=1S/C20H34N4O9S/c1-10(2)16(19(31)23-13(20(32)33)8-9-34-3)24-18(30)12(5-7-15(27)28)22-17(29)11(21)4-6-14(25)26/h10-13,16H,4-9,21H2,1-3H3,(H,22,29)(H,23,31)(H,24,30)(H,25,26)(H,27,28)(H,32,33). The SMILES string of the molecule is CSCCC(NC(=O)C(NC(=O)C(CCC(=O)O)NC(=O)C(N)CCC(=O)O)C(C)C)C(=O)O. The summed E-state index contributed by atoms with van der Waals surface area (Å²) in [5.41, 5.74) is 5.65. The number of thioether (sulfide) groups is 1. The lowest BCUT2D eigenvalue weighted by molar-refractivity contribution is -0.142. The van der Waals surface area contributed by atoms with E-state index in [2.05, 4.69) is 16.0 Å². The highest BCUT2D eigenvalue weighted by molar-refractivity contribution is 7.98. The highest BCUT2D eigenvalue weighted by atomic mass is 32.2. The largest absolute Gasteiger partial charge is 0.481 e. The Kier molecular flexibility index (Phi) is 14.5. The van der Waals surface area contributed by atoms with Gasteiger partial charge in [0.2, 0.25) is 17.7 Å². The number of hydrogen-bond donors (Lipinski definition) is 7. The van der Waals surface area contributed by atoms with Gasteiger partial charge in [-0.1, -0.05) is 13.8 Å². The number of carbonyl (C=O) groups excluding carboxylic acids is 3. The minimum absolute atomic E-state index is 0.173. The van der Waals surface area contributed by atoms with Crippen LogP contribution >= 0.6 is 11.8 Å². The highest BCUT2D eigenvalue weighted by Gasteiger charge is 2.32. The van der Waals surface area contributed by atoms with E-state index in [1.165, 1.54) is 11.8 Å². The predicted molar refractivity (Wildman–Crippen MR) is 123 cm³/mol. The molecule has 0 rings (SSSR count). The molecule has 14 heteroatoms. The number of carboxylic acid groups (broad SMARTS) is 3. The first-order chi connectivity index (χ1) is 15.8. The fourth-order valence-corrected chi connectivity index (χ4v) is 3.24. The molecular formula is C20H34N4O9S. The van der Waals surface area contributed by atoms with Crippen LogP contribution in [0.5, 0.6) is 0 Å². The molecule has 0 aliphatic carbocycles. The van der Waals surface area contributed by atoms with Crippen LogP contribution in [0.1, 0.15) is 46.0 Å². The molecule has 0 aliphatic rings. The summed E-state index contributed by atoms with van der Waals surface area (Å²) in [4.78, 5) is 70.9. The molecule has 0 aliphatic heterocycles. The normalized spacial score (nSPS) is 14.4. The third-order valence-corrected chi connectivity index (χ3v) is 5.40. The van der Waals surface area contributed by atoms with Gasteiger partial charge in [0, 0.05) is 12.8 Å². The third-order valence-electron chi connectivity index (χ3n) is 4.76. The molecule has 3 amide bonds. The Morgan fingerprint density at radius 2 is 1.29 bits per heavy atom. The molecule has 34 heavy (non-hydrogen) atoms. The molecule has 8 N–H and O–H groups in total. The minimum Gasteiger partial charge on any atom is -0.481 e. The monoisotopic (exact) mass is 506 g/mol. The maximum atomic E-state index is 12.8. The van der Waals surface area contributed by atoms with Gasteiger partial charge >= 0.3 is 17.9 Å². The van der Waals surface area contributed by atoms with Gasteiger partial charge in [-0.25, -0.2) is 4.79 Å². The average molecular weight is 507 g/mol. The van der Waals surface area contributed by atoms with Crippen molar-refractivity contribution in [2.45, 2.75) is 70.1 Å². The molecule has 0 aromatic carbocycles. The first-order valence-corrected chi connectivity index (χ1v) is 12.0. The van der Waals surface area contributed by atoms with Gasteiger partial charge in [-0.15, -0.1) is 0 Å². The topological polar surface area (TPSA) is 225 Å². The quantitative estimate of drug-likeness (QED) is 0.126. The first kappa shape index (κ1) is 31.1. The maximum absolute atomic E-state index is 12.8. The number of rotatable bonds is 17. The summed E-state index contributed by atoms with van der Waals surface area (Å²) in [5, 5.41) is 34.1. The van der Waals surface area contributed by atoms with E-state index in [4.69, 9.17) is 15.9 Å². The second-order valence-electron chi connectivity index (χ2n) is 7.94. The Balaban J connectivity index is 5.43. The second kappa shape index (κ2) is 15.9. The van der Waals surface area contributed by atoms with Gasteiger partial charge in [-0.2, -0.15) is 11.8 Å². The van der Waals surface area contributed by atoms with E-state index in [9.17, 15) is 33.9 Å². The summed E-state index contributed by atoms with van der Waals surface area (Å²) >= 11 is 1.41. The maximum Gasteiger partial charge on any atom is 0.326 e. The van der Waals surface area contributed by atoms with Crippen molar-refractivity contribution in [1.82, 2.24) is 16.0 Å². The molecule has 13 nitrogen and oxygen atoms in total. The number of nitrogens with one attached hydrogen (secondary N) is 3. The van der Waals surface area contributed by atoms with E-state index in [1.54, 1.807) is 20.1 Å². The number of carboxylic acids is 3. The smallest absolute Gasteiger partial charge is 0.326 e. The van der Waals surface area contributed by atoms with Gasteiger partial charge in [0.1, 0.15) is 18.1 Å². The Bertz CT molecular complexity index is 748. The van der Waals surface area contributed by atoms with Crippen molar-refractivity contribution in [3.63, 3.8) is 0 Å². The number of amides is 3. The van der Waals surface area contributed by atoms with Crippen LogP contribution in [-0.2, 0) is 28.8 Å². The molecule has 0 saturated heterocycles. The Labute approximate surface area is 201 Å². The summed E-state index contributed by atoms with van der Waals surface area (Å²) in [5.74, 6) is -6.03. The molecule has 194 valence electrons. The minimum atomic E-state index is -1.36. The average Bonchev–Trinajstić information content (AvgIpc) is 2.74. The van der Waals surface area contributed by atoms with Gasteiger partial charge in [0.05, 0.1) is 6.04 Å². The first-order valence-electron chi connectivity index (χ1n) is 10.6. The number of nitrogens with two attached hydrogens (primary N) is 1. The molecule has 0 saturated carbocycles. The van der Waals surface area contributed by atoms with Gasteiger partial charge in [-0.3, -0.25) is 24.0 Å². The molecule has 0 fully saturated rings. The highest BCUT2D eigenvalue weighted by Crippen LogP contribution is 2.08. The van der Waals surface area contributed by atoms with E-state index in [-0.39, 0.29) is 25.7 Å². The predicted octanol–water partition coefficient (Wildman–Crippen LogP) is -1.01. The second-order valence-corrected chi connectivity index (χ2v) is 8.93. The molecule has 0 aromatic heterocycles. The van der Waals surface area contributed by atoms with Crippen molar-refractivity contribution >= 4 is 47.4 Å². The van der Waals surface area contributed by atoms with Gasteiger partial charge in [-0.05, 0) is 37.2 Å². The van der Waals surface area contributed by atoms with Gasteiger partial charge in [0.25, 0.3) is 0 Å². The fourth-order valence-electron chi connectivity index (χ4n) is 2.77. The van der Waals surface area contributed by atoms with Crippen LogP contribution in [0, 0.1) is 5.92 Å². The van der Waals surface area contributed by atoms with Crippen LogP contribution in [0.3, 0.4) is 0 Å². The van der Waals surface area contributed by atoms with E-state index >= 15 is 0 Å². The zero-order valence-corrected chi connectivity index (χ0v) is 20.2. The molecule has 4 atom stereocenters. The van der Waals surface area contributed by atoms with Gasteiger partial charge < -0.3 is 37.0 Å². The van der Waals surface area contributed by atoms with Crippen molar-refractivity contribution in [1.29, 1.82) is 0 Å². The molecule has 0 radical (unpaired) electrons. The molecular weight excluding hydrogens is 472 g/mol. The Morgan fingerprint density at radius 1 is 0.765 bits per heavy atom. The lowest BCUT2D eigenvalue weighted by Gasteiger charge is -2.27. The van der Waals surface area contributed by atoms with Crippen LogP contribution in [0.15, 0.2) is 0 Å². The van der Waals surface area contributed by atoms with Crippen LogP contribution in [0.25, 0.3) is 0 Å². The zero-order valence-electron chi connectivity index (χ0n) is 19.4. The molecule has 4 unspecified atom stereocenters. The summed E-state index contributed by atoms with van der Waals surface area (Å²) in [6.45, 7) is 3.24. The molecule has 0 heterocycles. The van der Waals surface area contributed by atoms with Crippen LogP contribution in [-0.4, -0.2) is 87.1 Å².